The number of ether oxygens (including phenoxy) is 1. The Morgan fingerprint density at radius 3 is 2.83 bits per heavy atom. The molecule has 94 valence electrons. The van der Waals surface area contributed by atoms with E-state index in [4.69, 9.17) is 10.5 Å². The number of rotatable bonds is 3. The summed E-state index contributed by atoms with van der Waals surface area (Å²) in [4.78, 5) is 4.68. The summed E-state index contributed by atoms with van der Waals surface area (Å²) in [5.41, 5.74) is 9.24. The van der Waals surface area contributed by atoms with E-state index < -0.39 is 0 Å². The van der Waals surface area contributed by atoms with Crippen LogP contribution in [0.25, 0.3) is 11.3 Å². The number of aryl methyl sites for hydroxylation is 1. The Kier molecular flexibility index (Phi) is 2.64. The Labute approximate surface area is 111 Å². The average molecular weight is 260 g/mol. The minimum atomic E-state index is -0.153. The molecule has 0 unspecified atom stereocenters. The van der Waals surface area contributed by atoms with Crippen molar-refractivity contribution in [3.63, 3.8) is 0 Å². The molecule has 0 aliphatic heterocycles. The van der Waals surface area contributed by atoms with Crippen LogP contribution in [0.4, 0.5) is 0 Å². The maximum atomic E-state index is 6.18. The van der Waals surface area contributed by atoms with Gasteiger partial charge < -0.3 is 10.5 Å². The minimum absolute atomic E-state index is 0.153. The summed E-state index contributed by atoms with van der Waals surface area (Å²) in [5.74, 6) is 0.860. The molecule has 1 aliphatic rings. The van der Waals surface area contributed by atoms with Crippen LogP contribution in [0.1, 0.15) is 23.4 Å². The average Bonchev–Trinajstić information content (AvgIpc) is 2.94. The first-order valence-electron chi connectivity index (χ1n) is 6.02. The molecule has 3 nitrogen and oxygen atoms in total. The van der Waals surface area contributed by atoms with Gasteiger partial charge in [-0.05, 0) is 31.9 Å². The third kappa shape index (κ3) is 1.91. The van der Waals surface area contributed by atoms with Crippen LogP contribution in [0.2, 0.25) is 0 Å². The molecule has 0 amide bonds. The lowest BCUT2D eigenvalue weighted by Crippen LogP contribution is -2.18. The highest BCUT2D eigenvalue weighted by Crippen LogP contribution is 2.45. The van der Waals surface area contributed by atoms with Crippen LogP contribution in [0.15, 0.2) is 23.6 Å². The fourth-order valence-corrected chi connectivity index (χ4v) is 2.99. The van der Waals surface area contributed by atoms with Crippen LogP contribution in [0, 0.1) is 6.92 Å². The van der Waals surface area contributed by atoms with Crippen LogP contribution in [-0.2, 0) is 5.54 Å². The first-order valence-corrected chi connectivity index (χ1v) is 6.90. The van der Waals surface area contributed by atoms with Gasteiger partial charge in [-0.15, -0.1) is 11.3 Å². The van der Waals surface area contributed by atoms with E-state index in [0.717, 1.165) is 34.9 Å². The van der Waals surface area contributed by atoms with Crippen molar-refractivity contribution in [3.05, 3.63) is 34.2 Å². The Hall–Kier alpha value is -1.39. The lowest BCUT2D eigenvalue weighted by atomic mass is 10.1. The summed E-state index contributed by atoms with van der Waals surface area (Å²) < 4.78 is 5.40. The van der Waals surface area contributed by atoms with Gasteiger partial charge in [0.25, 0.3) is 0 Å². The van der Waals surface area contributed by atoms with E-state index in [1.54, 1.807) is 18.4 Å². The van der Waals surface area contributed by atoms with Gasteiger partial charge >= 0.3 is 0 Å². The molecule has 1 fully saturated rings. The summed E-state index contributed by atoms with van der Waals surface area (Å²) in [7, 11) is 1.69. The number of methoxy groups -OCH3 is 1. The Morgan fingerprint density at radius 2 is 2.17 bits per heavy atom. The molecule has 0 bridgehead atoms. The number of thiazole rings is 1. The lowest BCUT2D eigenvalue weighted by Gasteiger charge is -2.07. The first-order chi connectivity index (χ1) is 8.62. The quantitative estimate of drug-likeness (QED) is 0.922. The molecule has 0 atom stereocenters. The second kappa shape index (κ2) is 4.07. The van der Waals surface area contributed by atoms with Crippen LogP contribution in [0.5, 0.6) is 5.75 Å². The highest BCUT2D eigenvalue weighted by atomic mass is 32.1. The number of hydrogen-bond acceptors (Lipinski definition) is 4. The largest absolute Gasteiger partial charge is 0.496 e. The fourth-order valence-electron chi connectivity index (χ4n) is 2.00. The molecule has 0 spiro atoms. The molecule has 1 aromatic carbocycles. The second-order valence-corrected chi connectivity index (χ2v) is 5.76. The molecule has 2 aromatic rings. The molecule has 3 rings (SSSR count). The molecular weight excluding hydrogens is 244 g/mol. The van der Waals surface area contributed by atoms with Crippen LogP contribution >= 0.6 is 11.3 Å². The molecule has 1 saturated carbocycles. The number of nitrogens with two attached hydrogens (primary N) is 1. The third-order valence-corrected chi connectivity index (χ3v) is 4.41. The summed E-state index contributed by atoms with van der Waals surface area (Å²) in [6, 6.07) is 6.13. The van der Waals surface area contributed by atoms with E-state index in [1.807, 2.05) is 12.1 Å². The predicted octanol–water partition coefficient (Wildman–Crippen LogP) is 3.07. The van der Waals surface area contributed by atoms with Gasteiger partial charge in [0, 0.05) is 10.9 Å². The molecule has 4 heteroatoms. The van der Waals surface area contributed by atoms with Crippen molar-refractivity contribution in [3.8, 4) is 17.0 Å². The van der Waals surface area contributed by atoms with Crippen molar-refractivity contribution < 1.29 is 4.74 Å². The van der Waals surface area contributed by atoms with E-state index in [0.29, 0.717) is 0 Å². The number of aromatic nitrogens is 1. The van der Waals surface area contributed by atoms with Gasteiger partial charge in [0.2, 0.25) is 0 Å². The molecule has 1 aliphatic carbocycles. The van der Waals surface area contributed by atoms with E-state index in [9.17, 15) is 0 Å². The third-order valence-electron chi connectivity index (χ3n) is 3.35. The van der Waals surface area contributed by atoms with Crippen molar-refractivity contribution in [2.45, 2.75) is 25.3 Å². The van der Waals surface area contributed by atoms with E-state index >= 15 is 0 Å². The summed E-state index contributed by atoms with van der Waals surface area (Å²) >= 11 is 1.65. The topological polar surface area (TPSA) is 48.1 Å². The van der Waals surface area contributed by atoms with Crippen molar-refractivity contribution in [2.24, 2.45) is 5.73 Å². The Bertz CT molecular complexity index is 587. The predicted molar refractivity (Wildman–Crippen MR) is 73.9 cm³/mol. The lowest BCUT2D eigenvalue weighted by molar-refractivity contribution is 0.416. The molecule has 0 saturated heterocycles. The SMILES string of the molecule is COc1ccc(C)cc1-c1csc(C2(N)CC2)n1. The van der Waals surface area contributed by atoms with E-state index in [2.05, 4.69) is 23.4 Å². The summed E-state index contributed by atoms with van der Waals surface area (Å²) in [5, 5.41) is 3.11. The standard InChI is InChI=1S/C14H16N2OS/c1-9-3-4-12(17-2)10(7-9)11-8-18-13(16-11)14(15)5-6-14/h3-4,7-8H,5-6,15H2,1-2H3. The first kappa shape index (κ1) is 11.7. The van der Waals surface area contributed by atoms with Gasteiger partial charge in [0.15, 0.2) is 0 Å². The zero-order chi connectivity index (χ0) is 12.8. The van der Waals surface area contributed by atoms with Crippen molar-refractivity contribution in [1.29, 1.82) is 0 Å². The Morgan fingerprint density at radius 1 is 1.39 bits per heavy atom. The normalized spacial score (nSPS) is 16.6. The molecule has 1 heterocycles. The molecule has 0 radical (unpaired) electrons. The smallest absolute Gasteiger partial charge is 0.128 e. The van der Waals surface area contributed by atoms with Gasteiger partial charge in [-0.2, -0.15) is 0 Å². The van der Waals surface area contributed by atoms with Gasteiger partial charge in [-0.25, -0.2) is 4.98 Å². The molecule has 18 heavy (non-hydrogen) atoms. The van der Waals surface area contributed by atoms with Gasteiger partial charge in [-0.1, -0.05) is 11.6 Å². The second-order valence-electron chi connectivity index (χ2n) is 4.90. The highest BCUT2D eigenvalue weighted by molar-refractivity contribution is 7.10. The molecule has 2 N–H and O–H groups in total. The highest BCUT2D eigenvalue weighted by Gasteiger charge is 2.42. The Balaban J connectivity index is 2.04. The zero-order valence-electron chi connectivity index (χ0n) is 10.6. The number of nitrogens with zero attached hydrogens (tertiary/aromatic N) is 1. The van der Waals surface area contributed by atoms with E-state index in [1.165, 1.54) is 5.56 Å². The van der Waals surface area contributed by atoms with Crippen LogP contribution in [0.3, 0.4) is 0 Å². The van der Waals surface area contributed by atoms with Crippen LogP contribution < -0.4 is 10.5 Å². The van der Waals surface area contributed by atoms with Crippen molar-refractivity contribution >= 4 is 11.3 Å². The molecular formula is C14H16N2OS. The maximum Gasteiger partial charge on any atom is 0.128 e. The minimum Gasteiger partial charge on any atom is -0.496 e. The van der Waals surface area contributed by atoms with Gasteiger partial charge in [0.1, 0.15) is 10.8 Å². The maximum absolute atomic E-state index is 6.18. The zero-order valence-corrected chi connectivity index (χ0v) is 11.4. The van der Waals surface area contributed by atoms with Crippen molar-refractivity contribution in [1.82, 2.24) is 4.98 Å². The molecule has 1 aromatic heterocycles. The number of benzene rings is 1. The fraction of sp³-hybridized carbons (Fsp3) is 0.357. The summed E-state index contributed by atoms with van der Waals surface area (Å²) in [6.07, 6.45) is 2.09. The summed E-state index contributed by atoms with van der Waals surface area (Å²) in [6.45, 7) is 2.07. The van der Waals surface area contributed by atoms with E-state index in [-0.39, 0.29) is 5.54 Å². The monoisotopic (exact) mass is 260 g/mol. The van der Waals surface area contributed by atoms with Gasteiger partial charge in [0.05, 0.1) is 18.3 Å². The van der Waals surface area contributed by atoms with Crippen molar-refractivity contribution in [2.75, 3.05) is 7.11 Å². The number of hydrogen-bond donors (Lipinski definition) is 1. The van der Waals surface area contributed by atoms with Crippen LogP contribution in [-0.4, -0.2) is 12.1 Å². The van der Waals surface area contributed by atoms with Gasteiger partial charge in [-0.3, -0.25) is 0 Å².